The van der Waals surface area contributed by atoms with Crippen molar-refractivity contribution in [1.29, 1.82) is 0 Å². The molecule has 0 aliphatic rings. The van der Waals surface area contributed by atoms with E-state index in [4.69, 9.17) is 0 Å². The van der Waals surface area contributed by atoms with Gasteiger partial charge in [-0.2, -0.15) is 22.0 Å². The molecule has 0 aromatic heterocycles. The Labute approximate surface area is 135 Å². The van der Waals surface area contributed by atoms with Gasteiger partial charge in [0.1, 0.15) is 0 Å². The number of rotatable bonds is 5. The molecule has 0 heterocycles. The number of carbonyl (C=O) groups excluding carboxylic acids is 1. The average molecular weight is 343 g/mol. The van der Waals surface area contributed by atoms with Crippen LogP contribution < -0.4 is 0 Å². The third kappa shape index (κ3) is 4.10. The first-order valence-electron chi connectivity index (χ1n) is 7.03. The summed E-state index contributed by atoms with van der Waals surface area (Å²) >= 11 is 0. The summed E-state index contributed by atoms with van der Waals surface area (Å²) in [5.74, 6) is -7.70. The number of hydrogen-bond donors (Lipinski definition) is 0. The van der Waals surface area contributed by atoms with Crippen LogP contribution >= 0.6 is 0 Å². The van der Waals surface area contributed by atoms with Gasteiger partial charge in [0, 0.05) is 13.1 Å². The highest BCUT2D eigenvalue weighted by Gasteiger charge is 2.64. The van der Waals surface area contributed by atoms with E-state index < -0.39 is 18.0 Å². The van der Waals surface area contributed by atoms with E-state index in [0.717, 1.165) is 0 Å². The maximum absolute atomic E-state index is 13.5. The van der Waals surface area contributed by atoms with Crippen molar-refractivity contribution in [3.05, 3.63) is 71.8 Å². The summed E-state index contributed by atoms with van der Waals surface area (Å²) in [5.41, 5.74) is 0.916. The molecule has 0 aliphatic carbocycles. The average Bonchev–Trinajstić information content (AvgIpc) is 2.54. The highest BCUT2D eigenvalue weighted by atomic mass is 19.4. The van der Waals surface area contributed by atoms with Crippen LogP contribution in [-0.2, 0) is 17.9 Å². The monoisotopic (exact) mass is 343 g/mol. The van der Waals surface area contributed by atoms with E-state index in [-0.39, 0.29) is 13.1 Å². The van der Waals surface area contributed by atoms with Crippen molar-refractivity contribution in [2.75, 3.05) is 0 Å². The fourth-order valence-electron chi connectivity index (χ4n) is 2.13. The van der Waals surface area contributed by atoms with Crippen molar-refractivity contribution in [3.8, 4) is 0 Å². The zero-order valence-electron chi connectivity index (χ0n) is 12.4. The van der Waals surface area contributed by atoms with E-state index in [1.165, 1.54) is 0 Å². The molecule has 0 unspecified atom stereocenters. The number of benzene rings is 2. The summed E-state index contributed by atoms with van der Waals surface area (Å²) in [6, 6.07) is 16.0. The molecule has 0 atom stereocenters. The van der Waals surface area contributed by atoms with Gasteiger partial charge in [-0.1, -0.05) is 60.7 Å². The van der Waals surface area contributed by atoms with E-state index >= 15 is 0 Å². The number of carbonyl (C=O) groups is 1. The maximum Gasteiger partial charge on any atom is 0.463 e. The van der Waals surface area contributed by atoms with E-state index in [0.29, 0.717) is 16.0 Å². The van der Waals surface area contributed by atoms with Gasteiger partial charge < -0.3 is 4.90 Å². The molecule has 0 saturated heterocycles. The van der Waals surface area contributed by atoms with Gasteiger partial charge in [-0.3, -0.25) is 4.79 Å². The first kappa shape index (κ1) is 17.9. The lowest BCUT2D eigenvalue weighted by atomic mass is 10.1. The lowest BCUT2D eigenvalue weighted by Crippen LogP contribution is -2.51. The Morgan fingerprint density at radius 2 is 1.12 bits per heavy atom. The maximum atomic E-state index is 13.5. The number of amides is 1. The first-order valence-corrected chi connectivity index (χ1v) is 7.03. The zero-order chi connectivity index (χ0) is 17.8. The molecule has 2 nitrogen and oxygen atoms in total. The minimum absolute atomic E-state index is 0.347. The van der Waals surface area contributed by atoms with Gasteiger partial charge >= 0.3 is 18.0 Å². The van der Waals surface area contributed by atoms with E-state index in [2.05, 4.69) is 0 Å². The van der Waals surface area contributed by atoms with Crippen LogP contribution in [0.5, 0.6) is 0 Å². The van der Waals surface area contributed by atoms with Crippen LogP contribution in [0.3, 0.4) is 0 Å². The molecule has 2 aromatic carbocycles. The highest BCUT2D eigenvalue weighted by Crippen LogP contribution is 2.37. The smallest absolute Gasteiger partial charge is 0.329 e. The Balaban J connectivity index is 2.30. The fourth-order valence-corrected chi connectivity index (χ4v) is 2.13. The van der Waals surface area contributed by atoms with Crippen LogP contribution in [0.2, 0.25) is 0 Å². The Bertz CT molecular complexity index is 629. The molecule has 0 saturated carbocycles. The van der Waals surface area contributed by atoms with E-state index in [1.54, 1.807) is 60.7 Å². The molecule has 1 amide bonds. The Morgan fingerprint density at radius 3 is 1.46 bits per heavy atom. The molecule has 2 rings (SSSR count). The molecule has 0 spiro atoms. The van der Waals surface area contributed by atoms with Crippen LogP contribution in [0.25, 0.3) is 0 Å². The minimum atomic E-state index is -5.93. The van der Waals surface area contributed by atoms with Crippen molar-refractivity contribution in [3.63, 3.8) is 0 Å². The molecular formula is C17H14F5NO. The lowest BCUT2D eigenvalue weighted by Gasteiger charge is -2.28. The molecule has 128 valence electrons. The second-order valence-corrected chi connectivity index (χ2v) is 5.20. The fraction of sp³-hybridized carbons (Fsp3) is 0.235. The third-order valence-corrected chi connectivity index (χ3v) is 3.34. The number of halogens is 5. The van der Waals surface area contributed by atoms with Crippen molar-refractivity contribution < 1.29 is 26.7 Å². The van der Waals surface area contributed by atoms with Crippen molar-refractivity contribution in [2.45, 2.75) is 25.2 Å². The molecule has 0 fully saturated rings. The number of nitrogens with zero attached hydrogens (tertiary/aromatic N) is 1. The van der Waals surface area contributed by atoms with Crippen molar-refractivity contribution >= 4 is 5.91 Å². The Morgan fingerprint density at radius 1 is 0.750 bits per heavy atom. The predicted molar refractivity (Wildman–Crippen MR) is 78.1 cm³/mol. The molecule has 0 bridgehead atoms. The normalized spacial score (nSPS) is 12.0. The molecule has 0 N–H and O–H groups in total. The summed E-state index contributed by atoms with van der Waals surface area (Å²) < 4.78 is 64.5. The summed E-state index contributed by atoms with van der Waals surface area (Å²) in [6.45, 7) is -0.694. The SMILES string of the molecule is O=C(N(Cc1ccccc1)Cc1ccccc1)C(F)(F)C(F)(F)F. The van der Waals surface area contributed by atoms with Gasteiger partial charge in [0.2, 0.25) is 0 Å². The van der Waals surface area contributed by atoms with Gasteiger partial charge in [0.15, 0.2) is 0 Å². The summed E-state index contributed by atoms with van der Waals surface area (Å²) in [7, 11) is 0. The van der Waals surface area contributed by atoms with Gasteiger partial charge in [0.25, 0.3) is 0 Å². The van der Waals surface area contributed by atoms with Crippen LogP contribution in [0, 0.1) is 0 Å². The molecule has 0 aliphatic heterocycles. The number of alkyl halides is 5. The molecule has 7 heteroatoms. The molecule has 2 aromatic rings. The minimum Gasteiger partial charge on any atom is -0.329 e. The zero-order valence-corrected chi connectivity index (χ0v) is 12.4. The lowest BCUT2D eigenvalue weighted by molar-refractivity contribution is -0.275. The van der Waals surface area contributed by atoms with Gasteiger partial charge in [-0.15, -0.1) is 0 Å². The largest absolute Gasteiger partial charge is 0.463 e. The first-order chi connectivity index (χ1) is 11.2. The van der Waals surface area contributed by atoms with Gasteiger partial charge in [0.05, 0.1) is 0 Å². The summed E-state index contributed by atoms with van der Waals surface area (Å²) in [6.07, 6.45) is -5.93. The topological polar surface area (TPSA) is 20.3 Å². The standard InChI is InChI=1S/C17H14F5NO/c18-16(19,17(20,21)22)15(24)23(11-13-7-3-1-4-8-13)12-14-9-5-2-6-10-14/h1-10H,11-12H2. The van der Waals surface area contributed by atoms with Gasteiger partial charge in [-0.05, 0) is 11.1 Å². The summed E-state index contributed by atoms with van der Waals surface area (Å²) in [4.78, 5) is 12.4. The van der Waals surface area contributed by atoms with Gasteiger partial charge in [-0.25, -0.2) is 0 Å². The van der Waals surface area contributed by atoms with E-state index in [9.17, 15) is 26.7 Å². The second kappa shape index (κ2) is 6.98. The predicted octanol–water partition coefficient (Wildman–Crippen LogP) is 4.41. The van der Waals surface area contributed by atoms with Crippen molar-refractivity contribution in [1.82, 2.24) is 4.90 Å². The second-order valence-electron chi connectivity index (χ2n) is 5.20. The van der Waals surface area contributed by atoms with E-state index in [1.807, 2.05) is 0 Å². The van der Waals surface area contributed by atoms with Crippen molar-refractivity contribution in [2.24, 2.45) is 0 Å². The third-order valence-electron chi connectivity index (χ3n) is 3.34. The molecule has 0 radical (unpaired) electrons. The summed E-state index contributed by atoms with van der Waals surface area (Å²) in [5, 5.41) is 0. The molecule has 24 heavy (non-hydrogen) atoms. The number of hydrogen-bond acceptors (Lipinski definition) is 1. The Hall–Kier alpha value is -2.44. The van der Waals surface area contributed by atoms with Crippen LogP contribution in [0.1, 0.15) is 11.1 Å². The van der Waals surface area contributed by atoms with Crippen LogP contribution in [0.4, 0.5) is 22.0 Å². The van der Waals surface area contributed by atoms with Crippen LogP contribution in [0.15, 0.2) is 60.7 Å². The quantitative estimate of drug-likeness (QED) is 0.737. The van der Waals surface area contributed by atoms with Crippen LogP contribution in [-0.4, -0.2) is 22.9 Å². The Kier molecular flexibility index (Phi) is 5.21. The molecular weight excluding hydrogens is 329 g/mol. The highest BCUT2D eigenvalue weighted by molar-refractivity contribution is 5.84.